The van der Waals surface area contributed by atoms with Gasteiger partial charge < -0.3 is 25.3 Å². The lowest BCUT2D eigenvalue weighted by Crippen LogP contribution is -2.45. The number of nitrogens with zero attached hydrogens (tertiary/aromatic N) is 4. The number of amides is 1. The summed E-state index contributed by atoms with van der Waals surface area (Å²) in [6.07, 6.45) is 6.94. The summed E-state index contributed by atoms with van der Waals surface area (Å²) < 4.78 is 34.1. The predicted molar refractivity (Wildman–Crippen MR) is 170 cm³/mol. The number of hydrogen-bond donors (Lipinski definition) is 3. The normalized spacial score (nSPS) is 20.0. The first-order chi connectivity index (χ1) is 22.3. The number of piperidine rings is 1. The van der Waals surface area contributed by atoms with Crippen molar-refractivity contribution in [2.75, 3.05) is 25.5 Å². The van der Waals surface area contributed by atoms with Crippen molar-refractivity contribution in [3.63, 3.8) is 0 Å². The number of fused-ring (bicyclic) bond motifs is 1. The SMILES string of the molecule is COC(=O)[C@@H]1CCCC[C@H]1NC(=O)c1ccc(-c2nc3cnc(NCc4ccc(F)c(F)c4)nc3n2C[C@@H]2CCCNC2)c(Cl)c1. The van der Waals surface area contributed by atoms with Gasteiger partial charge in [0, 0.05) is 30.3 Å². The summed E-state index contributed by atoms with van der Waals surface area (Å²) in [7, 11) is 1.37. The van der Waals surface area contributed by atoms with Gasteiger partial charge in [-0.15, -0.1) is 0 Å². The molecule has 6 rings (SSSR count). The van der Waals surface area contributed by atoms with Crippen molar-refractivity contribution in [3.8, 4) is 11.4 Å². The molecule has 0 unspecified atom stereocenters. The van der Waals surface area contributed by atoms with Crippen molar-refractivity contribution < 1.29 is 23.1 Å². The van der Waals surface area contributed by atoms with Gasteiger partial charge in [0.1, 0.15) is 11.3 Å². The number of rotatable bonds is 9. The Bertz CT molecular complexity index is 1740. The van der Waals surface area contributed by atoms with E-state index in [-0.39, 0.29) is 30.4 Å². The van der Waals surface area contributed by atoms with Gasteiger partial charge in [0.15, 0.2) is 17.3 Å². The van der Waals surface area contributed by atoms with Crippen LogP contribution < -0.4 is 16.0 Å². The lowest BCUT2D eigenvalue weighted by Gasteiger charge is -2.30. The molecule has 1 amide bonds. The third kappa shape index (κ3) is 6.97. The molecule has 2 aliphatic rings. The van der Waals surface area contributed by atoms with Crippen LogP contribution in [0.25, 0.3) is 22.6 Å². The van der Waals surface area contributed by atoms with Gasteiger partial charge in [0.05, 0.1) is 24.2 Å². The lowest BCUT2D eigenvalue weighted by molar-refractivity contribution is -0.147. The van der Waals surface area contributed by atoms with Gasteiger partial charge >= 0.3 is 5.97 Å². The van der Waals surface area contributed by atoms with Crippen molar-refractivity contribution in [1.29, 1.82) is 0 Å². The van der Waals surface area contributed by atoms with Crippen molar-refractivity contribution >= 4 is 40.6 Å². The van der Waals surface area contributed by atoms with Crippen LogP contribution in [0, 0.1) is 23.5 Å². The standard InChI is InChI=1S/C33H36ClF2N7O3/c1-46-32(45)23-6-2-3-7-27(23)41-31(44)21-9-10-22(24(34)14-21)29-40-28-17-39-33(38-16-19-8-11-25(35)26(36)13-19)42-30(28)43(29)18-20-5-4-12-37-15-20/h8-11,13-14,17,20,23,27,37H,2-7,12,15-16,18H2,1H3,(H,41,44)(H,38,39,42)/t20-,23-,27-/m1/s1. The minimum Gasteiger partial charge on any atom is -0.469 e. The molecule has 1 aliphatic carbocycles. The van der Waals surface area contributed by atoms with E-state index in [2.05, 4.69) is 20.9 Å². The molecule has 10 nitrogen and oxygen atoms in total. The number of anilines is 1. The summed E-state index contributed by atoms with van der Waals surface area (Å²) in [6.45, 7) is 2.66. The quantitative estimate of drug-likeness (QED) is 0.203. The number of ether oxygens (including phenoxy) is 1. The third-order valence-corrected chi connectivity index (χ3v) is 9.13. The van der Waals surface area contributed by atoms with Crippen LogP contribution >= 0.6 is 11.6 Å². The number of halogens is 3. The second-order valence-corrected chi connectivity index (χ2v) is 12.4. The van der Waals surface area contributed by atoms with E-state index in [1.54, 1.807) is 24.4 Å². The van der Waals surface area contributed by atoms with Crippen LogP contribution in [0.5, 0.6) is 0 Å². The third-order valence-electron chi connectivity index (χ3n) is 8.82. The number of carbonyl (C=O) groups is 2. The van der Waals surface area contributed by atoms with E-state index in [0.717, 1.165) is 50.9 Å². The number of benzene rings is 2. The zero-order valence-corrected chi connectivity index (χ0v) is 26.2. The van der Waals surface area contributed by atoms with E-state index in [9.17, 15) is 18.4 Å². The Balaban J connectivity index is 1.28. The number of nitrogens with one attached hydrogen (secondary N) is 3. The number of esters is 1. The Morgan fingerprint density at radius 1 is 1.07 bits per heavy atom. The maximum atomic E-state index is 13.7. The maximum absolute atomic E-state index is 13.7. The summed E-state index contributed by atoms with van der Waals surface area (Å²) in [5.41, 5.74) is 2.74. The highest BCUT2D eigenvalue weighted by molar-refractivity contribution is 6.33. The van der Waals surface area contributed by atoms with E-state index in [0.29, 0.717) is 70.0 Å². The molecule has 242 valence electrons. The maximum Gasteiger partial charge on any atom is 0.310 e. The average Bonchev–Trinajstić information content (AvgIpc) is 3.42. The molecular weight excluding hydrogens is 616 g/mol. The molecule has 1 aliphatic heterocycles. The van der Waals surface area contributed by atoms with Crippen molar-refractivity contribution in [3.05, 3.63) is 70.4 Å². The zero-order chi connectivity index (χ0) is 32.2. The van der Waals surface area contributed by atoms with Crippen LogP contribution in [0.15, 0.2) is 42.6 Å². The van der Waals surface area contributed by atoms with E-state index in [4.69, 9.17) is 26.3 Å². The second kappa shape index (κ2) is 14.1. The molecule has 3 atom stereocenters. The van der Waals surface area contributed by atoms with Crippen molar-refractivity contribution in [1.82, 2.24) is 30.2 Å². The van der Waals surface area contributed by atoms with Gasteiger partial charge in [-0.3, -0.25) is 9.59 Å². The molecule has 2 aromatic carbocycles. The summed E-state index contributed by atoms with van der Waals surface area (Å²) >= 11 is 6.84. The Labute approximate surface area is 270 Å². The number of carbonyl (C=O) groups excluding carboxylic acids is 2. The molecule has 0 bridgehead atoms. The largest absolute Gasteiger partial charge is 0.469 e. The van der Waals surface area contributed by atoms with Crippen LogP contribution in [0.2, 0.25) is 5.02 Å². The zero-order valence-electron chi connectivity index (χ0n) is 25.5. The number of methoxy groups -OCH3 is 1. The van der Waals surface area contributed by atoms with Crippen LogP contribution in [0.3, 0.4) is 0 Å². The van der Waals surface area contributed by atoms with Gasteiger partial charge in [-0.1, -0.05) is 30.5 Å². The minimum absolute atomic E-state index is 0.201. The number of aromatic nitrogens is 4. The second-order valence-electron chi connectivity index (χ2n) is 12.0. The molecule has 2 fully saturated rings. The van der Waals surface area contributed by atoms with E-state index >= 15 is 0 Å². The fourth-order valence-electron chi connectivity index (χ4n) is 6.38. The van der Waals surface area contributed by atoms with Crippen LogP contribution in [0.1, 0.15) is 54.4 Å². The summed E-state index contributed by atoms with van der Waals surface area (Å²) in [6, 6.07) is 8.53. The molecular formula is C33H36ClF2N7O3. The number of imidazole rings is 1. The smallest absolute Gasteiger partial charge is 0.310 e. The Kier molecular flexibility index (Phi) is 9.74. The molecule has 3 heterocycles. The Morgan fingerprint density at radius 2 is 1.91 bits per heavy atom. The summed E-state index contributed by atoms with van der Waals surface area (Å²) in [5.74, 6) is -1.56. The highest BCUT2D eigenvalue weighted by Gasteiger charge is 2.33. The van der Waals surface area contributed by atoms with Crippen molar-refractivity contribution in [2.24, 2.45) is 11.8 Å². The molecule has 3 N–H and O–H groups in total. The van der Waals surface area contributed by atoms with Gasteiger partial charge in [-0.05, 0) is 80.6 Å². The molecule has 1 saturated carbocycles. The Morgan fingerprint density at radius 3 is 2.67 bits per heavy atom. The van der Waals surface area contributed by atoms with Crippen LogP contribution in [-0.4, -0.2) is 57.6 Å². The van der Waals surface area contributed by atoms with Gasteiger partial charge in [0.25, 0.3) is 5.91 Å². The van der Waals surface area contributed by atoms with Crippen molar-refractivity contribution in [2.45, 2.75) is 57.7 Å². The van der Waals surface area contributed by atoms with Gasteiger partial charge in [-0.25, -0.2) is 18.7 Å². The fourth-order valence-corrected chi connectivity index (χ4v) is 6.64. The molecule has 2 aromatic heterocycles. The monoisotopic (exact) mass is 651 g/mol. The summed E-state index contributed by atoms with van der Waals surface area (Å²) in [4.78, 5) is 39.6. The summed E-state index contributed by atoms with van der Waals surface area (Å²) in [5, 5.41) is 9.92. The van der Waals surface area contributed by atoms with Crippen LogP contribution in [0.4, 0.5) is 14.7 Å². The first-order valence-corrected chi connectivity index (χ1v) is 16.0. The first-order valence-electron chi connectivity index (χ1n) is 15.6. The average molecular weight is 652 g/mol. The topological polar surface area (TPSA) is 123 Å². The van der Waals surface area contributed by atoms with Crippen LogP contribution in [-0.2, 0) is 22.6 Å². The number of hydrogen-bond acceptors (Lipinski definition) is 8. The Hall–Kier alpha value is -4.16. The molecule has 13 heteroatoms. The first kappa shape index (κ1) is 31.8. The highest BCUT2D eigenvalue weighted by atomic mass is 35.5. The van der Waals surface area contributed by atoms with Gasteiger partial charge in [0.2, 0.25) is 5.95 Å². The minimum atomic E-state index is -0.917. The molecule has 1 saturated heterocycles. The van der Waals surface area contributed by atoms with E-state index in [1.165, 1.54) is 13.2 Å². The molecule has 0 radical (unpaired) electrons. The molecule has 0 spiro atoms. The molecule has 46 heavy (non-hydrogen) atoms. The fraction of sp³-hybridized carbons (Fsp3) is 0.424. The predicted octanol–water partition coefficient (Wildman–Crippen LogP) is 5.50. The van der Waals surface area contributed by atoms with Gasteiger partial charge in [-0.2, -0.15) is 4.98 Å². The lowest BCUT2D eigenvalue weighted by atomic mass is 9.84. The molecule has 4 aromatic rings. The van der Waals surface area contributed by atoms with E-state index < -0.39 is 11.6 Å². The highest BCUT2D eigenvalue weighted by Crippen LogP contribution is 2.33. The van der Waals surface area contributed by atoms with E-state index in [1.807, 2.05) is 4.57 Å².